The lowest BCUT2D eigenvalue weighted by Gasteiger charge is -2.17. The van der Waals surface area contributed by atoms with Gasteiger partial charge in [-0.25, -0.2) is 0 Å². The smallest absolute Gasteiger partial charge is 0.142 e. The van der Waals surface area contributed by atoms with Crippen LogP contribution in [0, 0.1) is 5.92 Å². The second-order valence-corrected chi connectivity index (χ2v) is 4.65. The Balaban J connectivity index is 1.95. The van der Waals surface area contributed by atoms with Gasteiger partial charge in [-0.2, -0.15) is 0 Å². The maximum absolute atomic E-state index is 5.60. The third-order valence-electron chi connectivity index (χ3n) is 2.97. The summed E-state index contributed by atoms with van der Waals surface area (Å²) in [5.74, 6) is 1.93. The minimum absolute atomic E-state index is 0.536. The summed E-state index contributed by atoms with van der Waals surface area (Å²) < 4.78 is 5.60. The van der Waals surface area contributed by atoms with Gasteiger partial charge in [-0.05, 0) is 38.3 Å². The number of rotatable bonds is 6. The fraction of sp³-hybridized carbons (Fsp3) is 0.571. The highest BCUT2D eigenvalue weighted by Gasteiger charge is 2.23. The molecule has 1 aromatic carbocycles. The zero-order chi connectivity index (χ0) is 11.4. The average molecular weight is 219 g/mol. The van der Waals surface area contributed by atoms with Gasteiger partial charge in [0.05, 0.1) is 12.3 Å². The topological polar surface area (TPSA) is 21.3 Å². The summed E-state index contributed by atoms with van der Waals surface area (Å²) in [6.07, 6.45) is 4.11. The highest BCUT2D eigenvalue weighted by atomic mass is 16.5. The van der Waals surface area contributed by atoms with E-state index in [1.807, 2.05) is 19.1 Å². The van der Waals surface area contributed by atoms with Crippen LogP contribution in [0.3, 0.4) is 0 Å². The third kappa shape index (κ3) is 3.16. The summed E-state index contributed by atoms with van der Waals surface area (Å²) >= 11 is 0. The first-order valence-corrected chi connectivity index (χ1v) is 6.28. The van der Waals surface area contributed by atoms with Crippen molar-refractivity contribution in [2.24, 2.45) is 5.92 Å². The lowest BCUT2D eigenvalue weighted by atomic mass is 10.1. The molecule has 2 heteroatoms. The SMILES string of the molecule is CCOc1ccccc1NC(C)CC1CC1. The van der Waals surface area contributed by atoms with E-state index in [-0.39, 0.29) is 0 Å². The van der Waals surface area contributed by atoms with Crippen LogP contribution >= 0.6 is 0 Å². The number of para-hydroxylation sites is 2. The van der Waals surface area contributed by atoms with Gasteiger partial charge in [0.1, 0.15) is 5.75 Å². The second kappa shape index (κ2) is 5.24. The van der Waals surface area contributed by atoms with Crippen LogP contribution in [0.25, 0.3) is 0 Å². The summed E-state index contributed by atoms with van der Waals surface area (Å²) in [7, 11) is 0. The molecule has 1 aromatic rings. The predicted molar refractivity (Wildman–Crippen MR) is 68.0 cm³/mol. The molecule has 0 amide bonds. The number of anilines is 1. The van der Waals surface area contributed by atoms with Crippen LogP contribution in [0.2, 0.25) is 0 Å². The molecule has 0 aromatic heterocycles. The van der Waals surface area contributed by atoms with Gasteiger partial charge in [0.25, 0.3) is 0 Å². The molecule has 1 aliphatic rings. The Morgan fingerprint density at radius 3 is 2.81 bits per heavy atom. The van der Waals surface area contributed by atoms with Crippen LogP contribution < -0.4 is 10.1 Å². The molecule has 0 bridgehead atoms. The van der Waals surface area contributed by atoms with Crippen LogP contribution in [0.1, 0.15) is 33.1 Å². The highest BCUT2D eigenvalue weighted by Crippen LogP contribution is 2.34. The van der Waals surface area contributed by atoms with E-state index in [0.717, 1.165) is 24.0 Å². The number of benzene rings is 1. The third-order valence-corrected chi connectivity index (χ3v) is 2.97. The lowest BCUT2D eigenvalue weighted by molar-refractivity contribution is 0.341. The van der Waals surface area contributed by atoms with E-state index in [9.17, 15) is 0 Å². The van der Waals surface area contributed by atoms with Crippen molar-refractivity contribution in [1.82, 2.24) is 0 Å². The molecule has 1 saturated carbocycles. The zero-order valence-electron chi connectivity index (χ0n) is 10.2. The van der Waals surface area contributed by atoms with Crippen molar-refractivity contribution in [2.45, 2.75) is 39.2 Å². The standard InChI is InChI=1S/C14H21NO/c1-3-16-14-7-5-4-6-13(14)15-11(2)10-12-8-9-12/h4-7,11-12,15H,3,8-10H2,1-2H3. The van der Waals surface area contributed by atoms with Gasteiger partial charge < -0.3 is 10.1 Å². The molecule has 88 valence electrons. The molecule has 0 heterocycles. The quantitative estimate of drug-likeness (QED) is 0.788. The number of hydrogen-bond donors (Lipinski definition) is 1. The lowest BCUT2D eigenvalue weighted by Crippen LogP contribution is -2.16. The van der Waals surface area contributed by atoms with Crippen molar-refractivity contribution in [3.63, 3.8) is 0 Å². The van der Waals surface area contributed by atoms with Gasteiger partial charge >= 0.3 is 0 Å². The van der Waals surface area contributed by atoms with Gasteiger partial charge in [-0.15, -0.1) is 0 Å². The van der Waals surface area contributed by atoms with Gasteiger partial charge in [0, 0.05) is 6.04 Å². The Kier molecular flexibility index (Phi) is 3.70. The first-order valence-electron chi connectivity index (χ1n) is 6.28. The normalized spacial score (nSPS) is 16.9. The van der Waals surface area contributed by atoms with Crippen molar-refractivity contribution >= 4 is 5.69 Å². The monoisotopic (exact) mass is 219 g/mol. The van der Waals surface area contributed by atoms with E-state index in [0.29, 0.717) is 6.04 Å². The predicted octanol–water partition coefficient (Wildman–Crippen LogP) is 3.69. The molecule has 1 aliphatic carbocycles. The number of ether oxygens (including phenoxy) is 1. The number of hydrogen-bond acceptors (Lipinski definition) is 2. The van der Waals surface area contributed by atoms with E-state index in [4.69, 9.17) is 4.74 Å². The van der Waals surface area contributed by atoms with Gasteiger partial charge in [0.15, 0.2) is 0 Å². The largest absolute Gasteiger partial charge is 0.492 e. The van der Waals surface area contributed by atoms with Crippen molar-refractivity contribution < 1.29 is 4.74 Å². The van der Waals surface area contributed by atoms with Crippen LogP contribution in [-0.4, -0.2) is 12.6 Å². The first-order chi connectivity index (χ1) is 7.79. The van der Waals surface area contributed by atoms with Gasteiger partial charge in [-0.3, -0.25) is 0 Å². The molecule has 1 N–H and O–H groups in total. The van der Waals surface area contributed by atoms with Crippen molar-refractivity contribution in [1.29, 1.82) is 0 Å². The fourth-order valence-corrected chi connectivity index (χ4v) is 2.05. The molecule has 1 unspecified atom stereocenters. The minimum atomic E-state index is 0.536. The fourth-order valence-electron chi connectivity index (χ4n) is 2.05. The molecule has 16 heavy (non-hydrogen) atoms. The molecule has 0 aliphatic heterocycles. The highest BCUT2D eigenvalue weighted by molar-refractivity contribution is 5.56. The first kappa shape index (κ1) is 11.3. The molecule has 0 spiro atoms. The summed E-state index contributed by atoms with van der Waals surface area (Å²) in [6.45, 7) is 4.99. The molecular weight excluding hydrogens is 198 g/mol. The maximum Gasteiger partial charge on any atom is 0.142 e. The van der Waals surface area contributed by atoms with E-state index in [2.05, 4.69) is 24.4 Å². The second-order valence-electron chi connectivity index (χ2n) is 4.65. The molecule has 0 radical (unpaired) electrons. The van der Waals surface area contributed by atoms with Crippen LogP contribution in [0.5, 0.6) is 5.75 Å². The van der Waals surface area contributed by atoms with Crippen LogP contribution in [0.15, 0.2) is 24.3 Å². The summed E-state index contributed by atoms with van der Waals surface area (Å²) in [4.78, 5) is 0. The Morgan fingerprint density at radius 1 is 1.38 bits per heavy atom. The Morgan fingerprint density at radius 2 is 2.12 bits per heavy atom. The van der Waals surface area contributed by atoms with Crippen LogP contribution in [-0.2, 0) is 0 Å². The minimum Gasteiger partial charge on any atom is -0.492 e. The average Bonchev–Trinajstić information content (AvgIpc) is 3.05. The Labute approximate surface area is 98.0 Å². The number of nitrogens with one attached hydrogen (secondary N) is 1. The van der Waals surface area contributed by atoms with Gasteiger partial charge in [-0.1, -0.05) is 25.0 Å². The van der Waals surface area contributed by atoms with Crippen molar-refractivity contribution in [2.75, 3.05) is 11.9 Å². The molecule has 2 nitrogen and oxygen atoms in total. The molecule has 2 rings (SSSR count). The molecule has 1 fully saturated rings. The molecule has 1 atom stereocenters. The van der Waals surface area contributed by atoms with Crippen molar-refractivity contribution in [3.8, 4) is 5.75 Å². The van der Waals surface area contributed by atoms with Crippen molar-refractivity contribution in [3.05, 3.63) is 24.3 Å². The van der Waals surface area contributed by atoms with E-state index in [1.54, 1.807) is 0 Å². The summed E-state index contributed by atoms with van der Waals surface area (Å²) in [5.41, 5.74) is 1.12. The van der Waals surface area contributed by atoms with Gasteiger partial charge in [0.2, 0.25) is 0 Å². The molecular formula is C14H21NO. The Hall–Kier alpha value is -1.18. The Bertz CT molecular complexity index is 333. The molecule has 0 saturated heterocycles. The van der Waals surface area contributed by atoms with Crippen LogP contribution in [0.4, 0.5) is 5.69 Å². The van der Waals surface area contributed by atoms with E-state index >= 15 is 0 Å². The maximum atomic E-state index is 5.60. The summed E-state index contributed by atoms with van der Waals surface area (Å²) in [5, 5.41) is 3.54. The van der Waals surface area contributed by atoms with E-state index in [1.165, 1.54) is 19.3 Å². The summed E-state index contributed by atoms with van der Waals surface area (Å²) in [6, 6.07) is 8.72. The van der Waals surface area contributed by atoms with E-state index < -0.39 is 0 Å². The zero-order valence-corrected chi connectivity index (χ0v) is 10.2.